The van der Waals surface area contributed by atoms with E-state index in [1.165, 1.54) is 5.56 Å². The van der Waals surface area contributed by atoms with E-state index >= 15 is 0 Å². The van der Waals surface area contributed by atoms with Crippen molar-refractivity contribution in [1.29, 1.82) is 0 Å². The lowest BCUT2D eigenvalue weighted by Crippen LogP contribution is -2.48. The molecule has 7 nitrogen and oxygen atoms in total. The number of hydrogen-bond acceptors (Lipinski definition) is 5. The van der Waals surface area contributed by atoms with Crippen LogP contribution in [0.25, 0.3) is 0 Å². The number of hydrogen-bond donors (Lipinski definition) is 4. The van der Waals surface area contributed by atoms with Crippen LogP contribution in [-0.4, -0.2) is 44.7 Å². The smallest absolute Gasteiger partial charge is 0.243 e. The van der Waals surface area contributed by atoms with Gasteiger partial charge in [-0.15, -0.1) is 0 Å². The fourth-order valence-corrected chi connectivity index (χ4v) is 5.01. The minimum Gasteiger partial charge on any atom is -0.373 e. The molecule has 5 N–H and O–H groups in total. The first-order valence-electron chi connectivity index (χ1n) is 9.23. The number of nitrogens with one attached hydrogen (secondary N) is 3. The zero-order chi connectivity index (χ0) is 18.7. The number of aryl methyl sites for hydroxylation is 1. The molecule has 1 saturated carbocycles. The molecule has 1 unspecified atom stereocenters. The van der Waals surface area contributed by atoms with Crippen molar-refractivity contribution in [3.8, 4) is 0 Å². The molecule has 1 aliphatic heterocycles. The van der Waals surface area contributed by atoms with Gasteiger partial charge in [0.25, 0.3) is 0 Å². The van der Waals surface area contributed by atoms with Crippen LogP contribution in [0.3, 0.4) is 0 Å². The van der Waals surface area contributed by atoms with Crippen LogP contribution in [-0.2, 0) is 21.2 Å². The molecule has 0 bridgehead atoms. The van der Waals surface area contributed by atoms with Gasteiger partial charge in [0.1, 0.15) is 6.04 Å². The monoisotopic (exact) mass is 380 g/mol. The Morgan fingerprint density at radius 1 is 1.23 bits per heavy atom. The van der Waals surface area contributed by atoms with E-state index in [0.29, 0.717) is 6.42 Å². The third-order valence-electron chi connectivity index (χ3n) is 5.22. The Labute approximate surface area is 155 Å². The van der Waals surface area contributed by atoms with Crippen molar-refractivity contribution in [2.24, 2.45) is 5.73 Å². The van der Waals surface area contributed by atoms with Crippen molar-refractivity contribution in [1.82, 2.24) is 10.0 Å². The third kappa shape index (κ3) is 4.55. The van der Waals surface area contributed by atoms with Gasteiger partial charge in [-0.05, 0) is 43.7 Å². The Bertz CT molecular complexity index is 758. The van der Waals surface area contributed by atoms with Crippen LogP contribution >= 0.6 is 0 Å². The van der Waals surface area contributed by atoms with E-state index < -0.39 is 10.0 Å². The summed E-state index contributed by atoms with van der Waals surface area (Å²) in [5.74, 6) is -0.0236. The number of amides is 1. The Balaban J connectivity index is 1.47. The molecular weight excluding hydrogens is 352 g/mol. The normalized spacial score (nSPS) is 25.4. The second-order valence-corrected chi connectivity index (χ2v) is 9.17. The summed E-state index contributed by atoms with van der Waals surface area (Å²) in [5.41, 5.74) is 8.74. The van der Waals surface area contributed by atoms with E-state index in [9.17, 15) is 13.2 Å². The minimum absolute atomic E-state index is 0.0211. The van der Waals surface area contributed by atoms with Gasteiger partial charge in [0.05, 0.1) is 5.75 Å². The quantitative estimate of drug-likeness (QED) is 0.578. The Kier molecular flexibility index (Phi) is 5.84. The number of para-hydroxylation sites is 1. The molecule has 0 aromatic heterocycles. The van der Waals surface area contributed by atoms with Gasteiger partial charge in [-0.2, -0.15) is 0 Å². The number of carbonyl (C=O) groups is 1. The maximum absolute atomic E-state index is 12.6. The highest BCUT2D eigenvalue weighted by atomic mass is 32.2. The van der Waals surface area contributed by atoms with Crippen LogP contribution in [0.4, 0.5) is 5.69 Å². The molecule has 1 aromatic rings. The van der Waals surface area contributed by atoms with Gasteiger partial charge >= 0.3 is 0 Å². The number of benzene rings is 1. The van der Waals surface area contributed by atoms with E-state index in [1.807, 2.05) is 19.1 Å². The molecule has 0 saturated heterocycles. The van der Waals surface area contributed by atoms with Crippen LogP contribution in [0.15, 0.2) is 18.2 Å². The molecule has 0 radical (unpaired) electrons. The third-order valence-corrected chi connectivity index (χ3v) is 6.69. The summed E-state index contributed by atoms with van der Waals surface area (Å²) in [6.07, 6.45) is 3.72. The van der Waals surface area contributed by atoms with E-state index in [4.69, 9.17) is 5.73 Å². The molecule has 1 heterocycles. The minimum atomic E-state index is -3.29. The zero-order valence-electron chi connectivity index (χ0n) is 15.1. The number of rotatable bonds is 6. The van der Waals surface area contributed by atoms with Gasteiger partial charge in [-0.3, -0.25) is 4.79 Å². The van der Waals surface area contributed by atoms with Gasteiger partial charge in [-0.25, -0.2) is 13.1 Å². The average molecular weight is 381 g/mol. The summed E-state index contributed by atoms with van der Waals surface area (Å²) >= 11 is 0. The first-order chi connectivity index (χ1) is 12.4. The number of fused-ring (bicyclic) bond motifs is 1. The second-order valence-electron chi connectivity index (χ2n) is 7.29. The second kappa shape index (κ2) is 7.94. The van der Waals surface area contributed by atoms with Crippen molar-refractivity contribution in [2.45, 2.75) is 57.2 Å². The van der Waals surface area contributed by atoms with Crippen molar-refractivity contribution in [2.75, 3.05) is 17.6 Å². The topological polar surface area (TPSA) is 113 Å². The SMILES string of the molecule is Cc1cccc2c1NC(C(=O)NC1CCC(NS(=O)(=O)CCN)CC1)C2. The molecule has 26 heavy (non-hydrogen) atoms. The highest BCUT2D eigenvalue weighted by Crippen LogP contribution is 2.29. The fourth-order valence-electron chi connectivity index (χ4n) is 3.83. The van der Waals surface area contributed by atoms with Gasteiger partial charge in [0.2, 0.25) is 15.9 Å². The van der Waals surface area contributed by atoms with E-state index in [0.717, 1.165) is 36.9 Å². The predicted molar refractivity (Wildman–Crippen MR) is 102 cm³/mol. The molecule has 1 aliphatic carbocycles. The van der Waals surface area contributed by atoms with Crippen molar-refractivity contribution in [3.63, 3.8) is 0 Å². The number of sulfonamides is 1. The van der Waals surface area contributed by atoms with E-state index in [1.54, 1.807) is 0 Å². The number of nitrogens with two attached hydrogens (primary N) is 1. The Morgan fingerprint density at radius 3 is 2.58 bits per heavy atom. The molecule has 1 amide bonds. The summed E-state index contributed by atoms with van der Waals surface area (Å²) < 4.78 is 26.3. The first-order valence-corrected chi connectivity index (χ1v) is 10.9. The maximum Gasteiger partial charge on any atom is 0.243 e. The van der Waals surface area contributed by atoms with Gasteiger partial charge in [0.15, 0.2) is 0 Å². The molecule has 1 aromatic carbocycles. The zero-order valence-corrected chi connectivity index (χ0v) is 15.9. The molecule has 8 heteroatoms. The molecule has 144 valence electrons. The average Bonchev–Trinajstić information content (AvgIpc) is 3.02. The highest BCUT2D eigenvalue weighted by Gasteiger charge is 2.30. The number of anilines is 1. The molecular formula is C18H28N4O3S. The van der Waals surface area contributed by atoms with Gasteiger partial charge < -0.3 is 16.4 Å². The molecule has 1 atom stereocenters. The Morgan fingerprint density at radius 2 is 1.92 bits per heavy atom. The van der Waals surface area contributed by atoms with Crippen LogP contribution < -0.4 is 21.1 Å². The maximum atomic E-state index is 12.6. The van der Waals surface area contributed by atoms with Crippen LogP contribution in [0.1, 0.15) is 36.8 Å². The van der Waals surface area contributed by atoms with Crippen molar-refractivity contribution >= 4 is 21.6 Å². The Hall–Kier alpha value is -1.64. The lowest BCUT2D eigenvalue weighted by molar-refractivity contribution is -0.122. The lowest BCUT2D eigenvalue weighted by atomic mass is 9.91. The van der Waals surface area contributed by atoms with Crippen molar-refractivity contribution < 1.29 is 13.2 Å². The van der Waals surface area contributed by atoms with E-state index in [2.05, 4.69) is 21.4 Å². The molecule has 0 spiro atoms. The van der Waals surface area contributed by atoms with E-state index in [-0.39, 0.29) is 36.3 Å². The first kappa shape index (κ1) is 19.1. The van der Waals surface area contributed by atoms with Crippen molar-refractivity contribution in [3.05, 3.63) is 29.3 Å². The highest BCUT2D eigenvalue weighted by molar-refractivity contribution is 7.89. The van der Waals surface area contributed by atoms with Crippen LogP contribution in [0.2, 0.25) is 0 Å². The van der Waals surface area contributed by atoms with Crippen LogP contribution in [0, 0.1) is 6.92 Å². The molecule has 3 rings (SSSR count). The van der Waals surface area contributed by atoms with Gasteiger partial charge in [-0.1, -0.05) is 18.2 Å². The number of carbonyl (C=O) groups excluding carboxylic acids is 1. The van der Waals surface area contributed by atoms with Crippen LogP contribution in [0.5, 0.6) is 0 Å². The largest absolute Gasteiger partial charge is 0.373 e. The summed E-state index contributed by atoms with van der Waals surface area (Å²) in [5, 5.41) is 6.46. The molecule has 2 aliphatic rings. The fraction of sp³-hybridized carbons (Fsp3) is 0.611. The molecule has 1 fully saturated rings. The van der Waals surface area contributed by atoms with Gasteiger partial charge in [0, 0.05) is 30.7 Å². The lowest BCUT2D eigenvalue weighted by Gasteiger charge is -2.30. The predicted octanol–water partition coefficient (Wildman–Crippen LogP) is 0.637. The summed E-state index contributed by atoms with van der Waals surface area (Å²) in [6.45, 7) is 2.16. The summed E-state index contributed by atoms with van der Waals surface area (Å²) in [6, 6.07) is 5.93. The summed E-state index contributed by atoms with van der Waals surface area (Å²) in [7, 11) is -3.29. The summed E-state index contributed by atoms with van der Waals surface area (Å²) in [4.78, 5) is 12.6. The standard InChI is InChI=1S/C18H28N4O3S/c1-12-3-2-4-13-11-16(21-17(12)13)18(23)20-14-5-7-15(8-6-14)22-26(24,25)10-9-19/h2-4,14-16,21-22H,5-11,19H2,1H3,(H,20,23).